The summed E-state index contributed by atoms with van der Waals surface area (Å²) >= 11 is 0. The van der Waals surface area contributed by atoms with Crippen molar-refractivity contribution in [2.75, 3.05) is 49.1 Å². The van der Waals surface area contributed by atoms with Gasteiger partial charge in [0.2, 0.25) is 17.4 Å². The quantitative estimate of drug-likeness (QED) is 0.488. The Kier molecular flexibility index (Phi) is 8.45. The van der Waals surface area contributed by atoms with Gasteiger partial charge in [0, 0.05) is 57.9 Å². The monoisotopic (exact) mass is 564 g/mol. The minimum atomic E-state index is -1.18. The van der Waals surface area contributed by atoms with Gasteiger partial charge in [-0.1, -0.05) is 19.0 Å². The van der Waals surface area contributed by atoms with E-state index in [-0.39, 0.29) is 68.4 Å². The zero-order valence-corrected chi connectivity index (χ0v) is 22.9. The summed E-state index contributed by atoms with van der Waals surface area (Å²) in [5.74, 6) is -2.94. The summed E-state index contributed by atoms with van der Waals surface area (Å²) in [6.07, 6.45) is 0.386. The topological polar surface area (TPSA) is 133 Å². The van der Waals surface area contributed by atoms with E-state index in [4.69, 9.17) is 9.57 Å². The molecule has 0 radical (unpaired) electrons. The maximum Gasteiger partial charge on any atom is 0.414 e. The van der Waals surface area contributed by atoms with Crippen molar-refractivity contribution in [3.63, 3.8) is 0 Å². The number of nitrogens with zero attached hydrogens (tertiary/aromatic N) is 4. The maximum absolute atomic E-state index is 15.2. The zero-order chi connectivity index (χ0) is 29.2. The second-order valence-electron chi connectivity index (χ2n) is 10.6. The van der Waals surface area contributed by atoms with Crippen molar-refractivity contribution >= 4 is 41.4 Å². The fourth-order valence-electron chi connectivity index (χ4n) is 4.80. The molecule has 14 heteroatoms. The number of hydrogen-bond donors (Lipinski definition) is 2. The number of ether oxygens (including phenoxy) is 1. The third kappa shape index (κ3) is 6.10. The smallest absolute Gasteiger partial charge is 0.414 e. The summed E-state index contributed by atoms with van der Waals surface area (Å²) in [5, 5.41) is 8.98. The molecule has 2 saturated heterocycles. The van der Waals surface area contributed by atoms with Crippen molar-refractivity contribution in [2.45, 2.75) is 51.9 Å². The van der Waals surface area contributed by atoms with Gasteiger partial charge < -0.3 is 30.0 Å². The molecule has 3 aliphatic rings. The molecule has 2 fully saturated rings. The average molecular weight is 565 g/mol. The number of amides is 4. The number of rotatable bonds is 8. The first kappa shape index (κ1) is 29.0. The molecule has 3 aliphatic heterocycles. The molecule has 4 amide bonds. The third-order valence-corrected chi connectivity index (χ3v) is 7.18. The number of hydrogen-bond acceptors (Lipinski definition) is 8. The Bertz CT molecular complexity index is 1170. The molecule has 2 N–H and O–H groups in total. The highest BCUT2D eigenvalue weighted by molar-refractivity contribution is 5.93. The van der Waals surface area contributed by atoms with Crippen molar-refractivity contribution in [1.29, 1.82) is 0 Å². The van der Waals surface area contributed by atoms with Gasteiger partial charge in [0.1, 0.15) is 17.8 Å². The minimum Gasteiger partial charge on any atom is -0.442 e. The van der Waals surface area contributed by atoms with Crippen LogP contribution in [0.4, 0.5) is 25.0 Å². The number of oxime groups is 1. The zero-order valence-electron chi connectivity index (χ0n) is 22.9. The predicted octanol–water partition coefficient (Wildman–Crippen LogP) is 1.38. The average Bonchev–Trinajstić information content (AvgIpc) is 3.51. The van der Waals surface area contributed by atoms with Gasteiger partial charge in [-0.2, -0.15) is 0 Å². The Morgan fingerprint density at radius 3 is 2.35 bits per heavy atom. The Morgan fingerprint density at radius 2 is 1.80 bits per heavy atom. The lowest BCUT2D eigenvalue weighted by Crippen LogP contribution is -2.59. The summed E-state index contributed by atoms with van der Waals surface area (Å²) in [7, 11) is 0. The first-order chi connectivity index (χ1) is 18.9. The van der Waals surface area contributed by atoms with Gasteiger partial charge in [0.25, 0.3) is 5.91 Å². The molecule has 1 aromatic carbocycles. The van der Waals surface area contributed by atoms with Crippen LogP contribution in [-0.4, -0.2) is 91.9 Å². The largest absolute Gasteiger partial charge is 0.442 e. The third-order valence-electron chi connectivity index (χ3n) is 7.18. The van der Waals surface area contributed by atoms with E-state index < -0.39 is 41.4 Å². The number of cyclic esters (lactones) is 1. The van der Waals surface area contributed by atoms with E-state index in [2.05, 4.69) is 15.8 Å². The maximum atomic E-state index is 15.2. The number of nitrogens with one attached hydrogen (secondary N) is 2. The summed E-state index contributed by atoms with van der Waals surface area (Å²) in [4.78, 5) is 58.8. The Labute approximate surface area is 230 Å². The lowest BCUT2D eigenvalue weighted by Gasteiger charge is -2.39. The van der Waals surface area contributed by atoms with Crippen LogP contribution in [0.3, 0.4) is 0 Å². The minimum absolute atomic E-state index is 0.00347. The van der Waals surface area contributed by atoms with Gasteiger partial charge in [0.15, 0.2) is 11.6 Å². The fourth-order valence-corrected chi connectivity index (χ4v) is 4.80. The molecule has 40 heavy (non-hydrogen) atoms. The van der Waals surface area contributed by atoms with E-state index in [1.165, 1.54) is 18.0 Å². The molecule has 0 bridgehead atoms. The number of benzene rings is 1. The number of piperazine rings is 1. The molecule has 3 atom stereocenters. The summed E-state index contributed by atoms with van der Waals surface area (Å²) < 4.78 is 35.5. The molecule has 4 rings (SSSR count). The molecule has 0 saturated carbocycles. The summed E-state index contributed by atoms with van der Waals surface area (Å²) in [5.41, 5.74) is -1.42. The van der Waals surface area contributed by atoms with Gasteiger partial charge >= 0.3 is 6.09 Å². The van der Waals surface area contributed by atoms with E-state index in [0.717, 1.165) is 17.0 Å². The Morgan fingerprint density at radius 1 is 1.15 bits per heavy atom. The van der Waals surface area contributed by atoms with E-state index in [0.29, 0.717) is 6.42 Å². The van der Waals surface area contributed by atoms with Crippen LogP contribution >= 0.6 is 0 Å². The van der Waals surface area contributed by atoms with Crippen molar-refractivity contribution < 1.29 is 37.5 Å². The van der Waals surface area contributed by atoms with Gasteiger partial charge in [-0.05, 0) is 12.8 Å². The molecule has 1 unspecified atom stereocenters. The molecule has 0 spiro atoms. The van der Waals surface area contributed by atoms with Crippen molar-refractivity contribution in [2.24, 2.45) is 11.1 Å². The Balaban J connectivity index is 1.38. The second-order valence-corrected chi connectivity index (χ2v) is 10.6. The van der Waals surface area contributed by atoms with Crippen LogP contribution in [0.25, 0.3) is 0 Å². The van der Waals surface area contributed by atoms with Crippen LogP contribution in [-0.2, 0) is 24.0 Å². The molecule has 12 nitrogen and oxygen atoms in total. The van der Waals surface area contributed by atoms with Gasteiger partial charge in [-0.25, -0.2) is 13.6 Å². The molecular formula is C26H34F2N6O6. The van der Waals surface area contributed by atoms with E-state index in [1.807, 2.05) is 13.8 Å². The first-order valence-corrected chi connectivity index (χ1v) is 13.2. The van der Waals surface area contributed by atoms with Gasteiger partial charge in [-0.3, -0.25) is 19.3 Å². The molecular weight excluding hydrogens is 530 g/mol. The van der Waals surface area contributed by atoms with Crippen LogP contribution in [0.15, 0.2) is 17.3 Å². The highest BCUT2D eigenvalue weighted by Crippen LogP contribution is 2.32. The van der Waals surface area contributed by atoms with Crippen LogP contribution in [0, 0.1) is 17.6 Å². The van der Waals surface area contributed by atoms with Gasteiger partial charge in [-0.15, -0.1) is 0 Å². The highest BCUT2D eigenvalue weighted by Gasteiger charge is 2.42. The molecule has 0 aromatic heterocycles. The first-order valence-electron chi connectivity index (χ1n) is 13.2. The molecule has 1 aromatic rings. The van der Waals surface area contributed by atoms with Crippen molar-refractivity contribution in [3.05, 3.63) is 23.8 Å². The second kappa shape index (κ2) is 11.6. The van der Waals surface area contributed by atoms with Crippen LogP contribution in [0.1, 0.15) is 34.1 Å². The number of carbonyl (C=O) groups excluding carboxylic acids is 4. The Hall–Kier alpha value is -3.97. The highest BCUT2D eigenvalue weighted by atomic mass is 19.1. The molecule has 0 aliphatic carbocycles. The predicted molar refractivity (Wildman–Crippen MR) is 141 cm³/mol. The van der Waals surface area contributed by atoms with E-state index >= 15 is 8.78 Å². The standard InChI is InChI=1S/C26H34F2N6O6/c1-15(2)21(31-24(37)26(4)5-6-30-40-26)23(36)33-9-7-32(8-10-33)22-19(27)11-17(12-20(22)28)34-14-18(39-25(34)38)13-29-16(3)35/h6,11-12,15,18,21H,5,7-10,13-14H2,1-4H3,(H,29,35)(H,31,37)/t18-,21-,26?/m0/s1. The SMILES string of the molecule is CC(=O)NC[C@H]1CN(c2cc(F)c(N3CCN(C(=O)[C@@H](NC(=O)C4(C)CC=NO4)C(C)C)CC3)c(F)c2)C(=O)O1. The summed E-state index contributed by atoms with van der Waals surface area (Å²) in [6, 6.07) is 1.33. The number of carbonyl (C=O) groups is 4. The van der Waals surface area contributed by atoms with Crippen LogP contribution < -0.4 is 20.4 Å². The summed E-state index contributed by atoms with van der Waals surface area (Å²) in [6.45, 7) is 7.40. The van der Waals surface area contributed by atoms with Crippen molar-refractivity contribution in [1.82, 2.24) is 15.5 Å². The molecule has 3 heterocycles. The van der Waals surface area contributed by atoms with Crippen molar-refractivity contribution in [3.8, 4) is 0 Å². The van der Waals surface area contributed by atoms with E-state index in [9.17, 15) is 19.2 Å². The number of anilines is 2. The normalized spacial score (nSPS) is 23.2. The van der Waals surface area contributed by atoms with Crippen LogP contribution in [0.5, 0.6) is 0 Å². The van der Waals surface area contributed by atoms with Crippen LogP contribution in [0.2, 0.25) is 0 Å². The lowest BCUT2D eigenvalue weighted by molar-refractivity contribution is -0.147. The lowest BCUT2D eigenvalue weighted by atomic mass is 9.98. The molecule has 218 valence electrons. The fraction of sp³-hybridized carbons (Fsp3) is 0.577. The van der Waals surface area contributed by atoms with Gasteiger partial charge in [0.05, 0.1) is 18.8 Å². The number of halogens is 2. The van der Waals surface area contributed by atoms with E-state index in [1.54, 1.807) is 11.8 Å².